The Labute approximate surface area is 153 Å². The Hall–Kier alpha value is -1.44. The van der Waals surface area contributed by atoms with E-state index < -0.39 is 25.4 Å². The van der Waals surface area contributed by atoms with Crippen molar-refractivity contribution < 1.29 is 26.1 Å². The average molecular weight is 411 g/mol. The molecule has 2 heterocycles. The van der Waals surface area contributed by atoms with Crippen LogP contribution in [0.25, 0.3) is 0 Å². The summed E-state index contributed by atoms with van der Waals surface area (Å²) in [5.41, 5.74) is -0.213. The molecule has 0 saturated carbocycles. The second-order valence-corrected chi connectivity index (χ2v) is 10.4. The summed E-state index contributed by atoms with van der Waals surface area (Å²) in [6, 6.07) is 0. The van der Waals surface area contributed by atoms with E-state index in [9.17, 15) is 16.8 Å². The van der Waals surface area contributed by atoms with Crippen LogP contribution in [0.2, 0.25) is 0 Å². The highest BCUT2D eigenvalue weighted by Gasteiger charge is 2.41. The van der Waals surface area contributed by atoms with Gasteiger partial charge in [0.1, 0.15) is 5.37 Å². The number of rotatable bonds is 8. The predicted octanol–water partition coefficient (Wildman–Crippen LogP) is -2.01. The van der Waals surface area contributed by atoms with Gasteiger partial charge in [0.25, 0.3) is 22.0 Å². The maximum Gasteiger partial charge on any atom is 0.286 e. The molecular weight excluding hydrogens is 384 g/mol. The SMILES string of the molecule is CCCCS(=O)(=O)C1CN(S(=O)(=O)N(C)CC)CCN1[n+]1cc(=N)o[n-]1. The smallest absolute Gasteiger partial charge is 0.286 e. The van der Waals surface area contributed by atoms with Crippen molar-refractivity contribution in [3.63, 3.8) is 0 Å². The van der Waals surface area contributed by atoms with Crippen molar-refractivity contribution in [2.24, 2.45) is 0 Å². The number of piperazine rings is 1. The van der Waals surface area contributed by atoms with Gasteiger partial charge in [-0.1, -0.05) is 25.1 Å². The van der Waals surface area contributed by atoms with Crippen LogP contribution < -0.4 is 20.6 Å². The molecule has 1 aromatic heterocycles. The molecule has 11 nitrogen and oxygen atoms in total. The Morgan fingerprint density at radius 2 is 2.04 bits per heavy atom. The number of hydrogen-bond donors (Lipinski definition) is 1. The summed E-state index contributed by atoms with van der Waals surface area (Å²) < 4.78 is 58.0. The average Bonchev–Trinajstić information content (AvgIpc) is 3.04. The lowest BCUT2D eigenvalue weighted by atomic mass is 10.4. The fourth-order valence-electron chi connectivity index (χ4n) is 2.66. The van der Waals surface area contributed by atoms with E-state index in [0.29, 0.717) is 12.8 Å². The van der Waals surface area contributed by atoms with Crippen LogP contribution in [0, 0.1) is 5.41 Å². The zero-order valence-electron chi connectivity index (χ0n) is 15.2. The van der Waals surface area contributed by atoms with Crippen molar-refractivity contribution >= 4 is 20.0 Å². The zero-order valence-corrected chi connectivity index (χ0v) is 16.8. The van der Waals surface area contributed by atoms with E-state index >= 15 is 0 Å². The van der Waals surface area contributed by atoms with Gasteiger partial charge in [-0.05, 0) is 11.7 Å². The van der Waals surface area contributed by atoms with Crippen LogP contribution in [0.1, 0.15) is 26.7 Å². The summed E-state index contributed by atoms with van der Waals surface area (Å²) in [5.74, 6) is -0.0473. The molecule has 1 aliphatic heterocycles. The second kappa shape index (κ2) is 8.06. The van der Waals surface area contributed by atoms with Gasteiger partial charge in [0.2, 0.25) is 0 Å². The number of sulfone groups is 1. The van der Waals surface area contributed by atoms with Crippen molar-refractivity contribution in [3.05, 3.63) is 11.8 Å². The lowest BCUT2D eigenvalue weighted by Gasteiger charge is -2.41. The van der Waals surface area contributed by atoms with Crippen LogP contribution in [-0.2, 0) is 20.0 Å². The minimum Gasteiger partial charge on any atom is -0.380 e. The molecule has 1 aromatic rings. The first-order chi connectivity index (χ1) is 12.1. The van der Waals surface area contributed by atoms with Crippen LogP contribution in [0.15, 0.2) is 10.7 Å². The molecule has 13 heteroatoms. The molecule has 1 saturated heterocycles. The van der Waals surface area contributed by atoms with E-state index in [1.165, 1.54) is 31.7 Å². The van der Waals surface area contributed by atoms with Crippen molar-refractivity contribution in [1.82, 2.24) is 13.9 Å². The maximum absolute atomic E-state index is 12.9. The van der Waals surface area contributed by atoms with Gasteiger partial charge in [-0.3, -0.25) is 10.4 Å². The molecule has 0 bridgehead atoms. The molecular formula is C13H26N6O5S2. The molecule has 0 radical (unpaired) electrons. The van der Waals surface area contributed by atoms with Crippen LogP contribution >= 0.6 is 0 Å². The fraction of sp³-hybridized carbons (Fsp3) is 0.846. The van der Waals surface area contributed by atoms with E-state index in [1.54, 1.807) is 6.92 Å². The maximum atomic E-state index is 12.9. The lowest BCUT2D eigenvalue weighted by Crippen LogP contribution is -2.73. The van der Waals surface area contributed by atoms with Crippen LogP contribution in [0.3, 0.4) is 0 Å². The Morgan fingerprint density at radius 1 is 1.35 bits per heavy atom. The molecule has 1 atom stereocenters. The zero-order chi connectivity index (χ0) is 19.5. The van der Waals surface area contributed by atoms with Gasteiger partial charge in [-0.25, -0.2) is 8.42 Å². The quantitative estimate of drug-likeness (QED) is 0.490. The minimum atomic E-state index is -3.74. The highest BCUT2D eigenvalue weighted by molar-refractivity contribution is 7.92. The van der Waals surface area contributed by atoms with Crippen molar-refractivity contribution in [2.75, 3.05) is 44.0 Å². The molecule has 150 valence electrons. The lowest BCUT2D eigenvalue weighted by molar-refractivity contribution is -0.765. The molecule has 1 fully saturated rings. The van der Waals surface area contributed by atoms with Gasteiger partial charge in [0.05, 0.1) is 5.75 Å². The standard InChI is InChI=1S/C13H26N6O5S2/c1-4-6-9-25(20,21)13-11-17(26(22,23)16(3)5-2)7-8-18(13)19-10-12(14)24-15-19/h10,13-14H,4-9,11H2,1-3H3. The highest BCUT2D eigenvalue weighted by Crippen LogP contribution is 2.18. The van der Waals surface area contributed by atoms with Gasteiger partial charge in [-0.2, -0.15) is 17.0 Å². The third-order valence-electron chi connectivity index (χ3n) is 4.35. The summed E-state index contributed by atoms with van der Waals surface area (Å²) in [6.45, 7) is 3.91. The van der Waals surface area contributed by atoms with Crippen LogP contribution in [0.5, 0.6) is 0 Å². The number of nitrogens with zero attached hydrogens (tertiary/aromatic N) is 5. The van der Waals surface area contributed by atoms with E-state index in [4.69, 9.17) is 9.93 Å². The third-order valence-corrected chi connectivity index (χ3v) is 8.46. The van der Waals surface area contributed by atoms with Gasteiger partial charge in [0.15, 0.2) is 9.84 Å². The minimum absolute atomic E-state index is 0.0473. The first-order valence-electron chi connectivity index (χ1n) is 8.43. The predicted molar refractivity (Wildman–Crippen MR) is 92.4 cm³/mol. The van der Waals surface area contributed by atoms with Crippen molar-refractivity contribution in [1.29, 1.82) is 5.41 Å². The Morgan fingerprint density at radius 3 is 2.58 bits per heavy atom. The molecule has 1 unspecified atom stereocenters. The van der Waals surface area contributed by atoms with E-state index in [0.717, 1.165) is 0 Å². The summed E-state index contributed by atoms with van der Waals surface area (Å²) in [6.07, 6.45) is 2.45. The summed E-state index contributed by atoms with van der Waals surface area (Å²) >= 11 is 0. The number of nitrogens with one attached hydrogen (secondary N) is 1. The fourth-order valence-corrected chi connectivity index (χ4v) is 6.06. The summed E-state index contributed by atoms with van der Waals surface area (Å²) in [5, 5.41) is 11.4. The molecule has 0 aromatic carbocycles. The first kappa shape index (κ1) is 20.9. The van der Waals surface area contributed by atoms with Gasteiger partial charge in [0, 0.05) is 33.2 Å². The normalized spacial score (nSPS) is 20.0. The molecule has 0 aliphatic carbocycles. The van der Waals surface area contributed by atoms with Gasteiger partial charge < -0.3 is 4.52 Å². The van der Waals surface area contributed by atoms with Gasteiger partial charge >= 0.3 is 0 Å². The van der Waals surface area contributed by atoms with Gasteiger partial charge in [-0.15, -0.1) is 0 Å². The first-order valence-corrected chi connectivity index (χ1v) is 11.5. The second-order valence-electron chi connectivity index (χ2n) is 6.10. The molecule has 0 amide bonds. The highest BCUT2D eigenvalue weighted by atomic mass is 32.2. The largest absolute Gasteiger partial charge is 0.380 e. The number of hydrogen-bond acceptors (Lipinski definition) is 7. The number of unbranched alkanes of at least 4 members (excludes halogenated alkanes) is 1. The van der Waals surface area contributed by atoms with E-state index in [1.807, 2.05) is 6.92 Å². The molecule has 2 rings (SSSR count). The topological polar surface area (TPSA) is 133 Å². The summed E-state index contributed by atoms with van der Waals surface area (Å²) in [7, 11) is -5.90. The van der Waals surface area contributed by atoms with E-state index in [2.05, 4.69) is 5.27 Å². The van der Waals surface area contributed by atoms with Crippen molar-refractivity contribution in [3.8, 4) is 0 Å². The molecule has 1 N–H and O–H groups in total. The Bertz CT molecular complexity index is 862. The monoisotopic (exact) mass is 410 g/mol. The summed E-state index contributed by atoms with van der Waals surface area (Å²) in [4.78, 5) is 1.17. The Balaban J connectivity index is 2.37. The molecule has 26 heavy (non-hydrogen) atoms. The van der Waals surface area contributed by atoms with Crippen LogP contribution in [-0.4, -0.2) is 69.8 Å². The van der Waals surface area contributed by atoms with E-state index in [-0.39, 0.29) is 37.5 Å². The Kier molecular flexibility index (Phi) is 6.47. The third kappa shape index (κ3) is 4.27. The van der Waals surface area contributed by atoms with Crippen molar-refractivity contribution in [2.45, 2.75) is 32.1 Å². The van der Waals surface area contributed by atoms with Crippen LogP contribution in [0.4, 0.5) is 0 Å². The molecule has 1 aliphatic rings. The number of aromatic nitrogens is 2. The molecule has 0 spiro atoms.